The Hall–Kier alpha value is -1.58. The van der Waals surface area contributed by atoms with Gasteiger partial charge in [0.25, 0.3) is 0 Å². The largest absolute Gasteiger partial charge is 0.458 e. The molecule has 0 aromatic rings. The third-order valence-electron chi connectivity index (χ3n) is 5.76. The Morgan fingerprint density at radius 1 is 1.20 bits per heavy atom. The minimum absolute atomic E-state index is 0.0817. The third kappa shape index (κ3) is 1.27. The third-order valence-corrected chi connectivity index (χ3v) is 5.76. The molecule has 4 aliphatic rings. The van der Waals surface area contributed by atoms with Gasteiger partial charge in [-0.05, 0) is 37.0 Å². The molecule has 0 N–H and O–H groups in total. The second-order valence-electron chi connectivity index (χ2n) is 6.89. The summed E-state index contributed by atoms with van der Waals surface area (Å²) in [6.45, 7) is 4.51. The average molecular weight is 274 g/mol. The van der Waals surface area contributed by atoms with Gasteiger partial charge in [0.1, 0.15) is 12.7 Å². The van der Waals surface area contributed by atoms with Gasteiger partial charge in [-0.3, -0.25) is 4.79 Å². The molecular formula is C16H18O4. The van der Waals surface area contributed by atoms with Gasteiger partial charge in [0.2, 0.25) is 0 Å². The molecular weight excluding hydrogens is 256 g/mol. The quantitative estimate of drug-likeness (QED) is 0.635. The predicted octanol–water partition coefficient (Wildman–Crippen LogP) is 2.15. The van der Waals surface area contributed by atoms with E-state index in [-0.39, 0.29) is 29.4 Å². The van der Waals surface area contributed by atoms with Crippen molar-refractivity contribution in [3.63, 3.8) is 0 Å². The van der Waals surface area contributed by atoms with Gasteiger partial charge in [-0.2, -0.15) is 0 Å². The molecule has 0 amide bonds. The molecule has 0 bridgehead atoms. The van der Waals surface area contributed by atoms with Gasteiger partial charge < -0.3 is 9.47 Å². The Morgan fingerprint density at radius 3 is 2.75 bits per heavy atom. The lowest BCUT2D eigenvalue weighted by Crippen LogP contribution is -2.50. The molecule has 1 saturated heterocycles. The molecule has 0 unspecified atom stereocenters. The van der Waals surface area contributed by atoms with E-state index in [4.69, 9.17) is 9.47 Å². The van der Waals surface area contributed by atoms with E-state index in [1.165, 1.54) is 0 Å². The number of ether oxygens (including phenoxy) is 2. The van der Waals surface area contributed by atoms with Crippen LogP contribution in [0.25, 0.3) is 0 Å². The Balaban J connectivity index is 1.93. The first-order chi connectivity index (χ1) is 9.45. The Bertz CT molecular complexity index is 587. The lowest BCUT2D eigenvalue weighted by atomic mass is 9.50. The van der Waals surface area contributed by atoms with Crippen molar-refractivity contribution in [3.8, 4) is 0 Å². The summed E-state index contributed by atoms with van der Waals surface area (Å²) in [4.78, 5) is 23.9. The molecule has 2 aliphatic heterocycles. The summed E-state index contributed by atoms with van der Waals surface area (Å²) in [6.07, 6.45) is 6.33. The van der Waals surface area contributed by atoms with E-state index in [1.807, 2.05) is 13.0 Å². The highest BCUT2D eigenvalue weighted by Crippen LogP contribution is 2.63. The fourth-order valence-corrected chi connectivity index (χ4v) is 4.90. The summed E-state index contributed by atoms with van der Waals surface area (Å²) in [7, 11) is 0. The Labute approximate surface area is 117 Å². The maximum Gasteiger partial charge on any atom is 0.331 e. The molecule has 4 heteroatoms. The molecule has 20 heavy (non-hydrogen) atoms. The topological polar surface area (TPSA) is 52.6 Å². The van der Waals surface area contributed by atoms with Gasteiger partial charge in [-0.15, -0.1) is 0 Å². The van der Waals surface area contributed by atoms with Gasteiger partial charge in [-0.25, -0.2) is 4.79 Å². The zero-order chi connectivity index (χ0) is 14.1. The highest BCUT2D eigenvalue weighted by atomic mass is 16.6. The van der Waals surface area contributed by atoms with E-state index in [0.717, 1.165) is 30.4 Å². The van der Waals surface area contributed by atoms with Crippen molar-refractivity contribution in [2.75, 3.05) is 6.61 Å². The first-order valence-corrected chi connectivity index (χ1v) is 7.26. The van der Waals surface area contributed by atoms with Crippen molar-refractivity contribution in [1.29, 1.82) is 0 Å². The maximum absolute atomic E-state index is 12.3. The molecule has 2 aliphatic carbocycles. The van der Waals surface area contributed by atoms with E-state index < -0.39 is 5.41 Å². The summed E-state index contributed by atoms with van der Waals surface area (Å²) in [6, 6.07) is 0. The number of hydrogen-bond donors (Lipinski definition) is 0. The fourth-order valence-electron chi connectivity index (χ4n) is 4.90. The van der Waals surface area contributed by atoms with Crippen LogP contribution in [0.2, 0.25) is 0 Å². The van der Waals surface area contributed by atoms with Crippen LogP contribution in [-0.2, 0) is 19.1 Å². The van der Waals surface area contributed by atoms with Crippen molar-refractivity contribution in [1.82, 2.24) is 0 Å². The molecule has 4 nitrogen and oxygen atoms in total. The molecule has 1 saturated carbocycles. The van der Waals surface area contributed by atoms with E-state index in [2.05, 4.69) is 6.92 Å². The summed E-state index contributed by atoms with van der Waals surface area (Å²) >= 11 is 0. The summed E-state index contributed by atoms with van der Waals surface area (Å²) in [5.74, 6) is -0.215. The van der Waals surface area contributed by atoms with Crippen molar-refractivity contribution < 1.29 is 19.1 Å². The van der Waals surface area contributed by atoms with Crippen LogP contribution in [0.3, 0.4) is 0 Å². The highest BCUT2D eigenvalue weighted by molar-refractivity contribution is 5.87. The molecule has 0 aromatic heterocycles. The molecule has 0 spiro atoms. The Kier molecular flexibility index (Phi) is 2.16. The normalized spacial score (nSPS) is 45.7. The molecule has 0 aromatic carbocycles. The van der Waals surface area contributed by atoms with Gasteiger partial charge in [-0.1, -0.05) is 13.3 Å². The van der Waals surface area contributed by atoms with Crippen molar-refractivity contribution in [2.45, 2.75) is 39.2 Å². The van der Waals surface area contributed by atoms with Gasteiger partial charge in [0.15, 0.2) is 0 Å². The van der Waals surface area contributed by atoms with E-state index in [0.29, 0.717) is 6.61 Å². The smallest absolute Gasteiger partial charge is 0.331 e. The zero-order valence-electron chi connectivity index (χ0n) is 11.8. The average Bonchev–Trinajstić information content (AvgIpc) is 2.64. The fraction of sp³-hybridized carbons (Fsp3) is 0.625. The number of fused-ring (bicyclic) bond motifs is 2. The van der Waals surface area contributed by atoms with Crippen molar-refractivity contribution in [3.05, 3.63) is 23.3 Å². The molecule has 2 fully saturated rings. The Morgan fingerprint density at radius 2 is 1.95 bits per heavy atom. The van der Waals surface area contributed by atoms with Crippen molar-refractivity contribution in [2.24, 2.45) is 16.7 Å². The zero-order valence-corrected chi connectivity index (χ0v) is 11.8. The molecule has 106 valence electrons. The SMILES string of the molecule is C[C@@]12CCC[C@]3(C)C4=CC(=O)OCC4=C[C@@H](OC1=O)[C@H]23. The van der Waals surface area contributed by atoms with Crippen LogP contribution in [0.15, 0.2) is 23.3 Å². The van der Waals surface area contributed by atoms with E-state index in [1.54, 1.807) is 6.08 Å². The molecule has 2 heterocycles. The number of esters is 2. The first-order valence-electron chi connectivity index (χ1n) is 7.26. The van der Waals surface area contributed by atoms with E-state index in [9.17, 15) is 9.59 Å². The second kappa shape index (κ2) is 3.54. The van der Waals surface area contributed by atoms with Crippen LogP contribution in [0.4, 0.5) is 0 Å². The van der Waals surface area contributed by atoms with Crippen LogP contribution in [0.1, 0.15) is 33.1 Å². The highest BCUT2D eigenvalue weighted by Gasteiger charge is 2.64. The number of cyclic esters (lactones) is 1. The number of rotatable bonds is 0. The maximum atomic E-state index is 12.3. The molecule has 0 radical (unpaired) electrons. The summed E-state index contributed by atoms with van der Waals surface area (Å²) in [5.41, 5.74) is 1.52. The van der Waals surface area contributed by atoms with Gasteiger partial charge in [0, 0.05) is 17.4 Å². The number of carbonyl (C=O) groups is 2. The molecule has 4 rings (SSSR count). The van der Waals surface area contributed by atoms with E-state index >= 15 is 0 Å². The van der Waals surface area contributed by atoms with Crippen LogP contribution in [-0.4, -0.2) is 24.6 Å². The van der Waals surface area contributed by atoms with Crippen LogP contribution in [0.5, 0.6) is 0 Å². The van der Waals surface area contributed by atoms with Crippen molar-refractivity contribution >= 4 is 11.9 Å². The predicted molar refractivity (Wildman–Crippen MR) is 70.6 cm³/mol. The minimum atomic E-state index is -0.415. The standard InChI is InChI=1S/C16H18O4/c1-15-4-3-5-16(2)13(15)11(20-14(16)18)6-9-8-19-12(17)7-10(9)15/h6-7,11,13H,3-5,8H2,1-2H3/t11-,13+,15-,16+/m1/s1. The number of hydrogen-bond acceptors (Lipinski definition) is 4. The monoisotopic (exact) mass is 274 g/mol. The summed E-state index contributed by atoms with van der Waals surface area (Å²) in [5, 5.41) is 0. The van der Waals surface area contributed by atoms with Crippen LogP contribution >= 0.6 is 0 Å². The van der Waals surface area contributed by atoms with Gasteiger partial charge >= 0.3 is 11.9 Å². The van der Waals surface area contributed by atoms with Crippen LogP contribution in [0, 0.1) is 16.7 Å². The molecule has 4 atom stereocenters. The number of carbonyl (C=O) groups excluding carboxylic acids is 2. The lowest BCUT2D eigenvalue weighted by Gasteiger charge is -2.51. The second-order valence-corrected chi connectivity index (χ2v) is 6.89. The lowest BCUT2D eigenvalue weighted by molar-refractivity contribution is -0.148. The van der Waals surface area contributed by atoms with Gasteiger partial charge in [0.05, 0.1) is 5.41 Å². The minimum Gasteiger partial charge on any atom is -0.458 e. The first kappa shape index (κ1) is 12.2. The summed E-state index contributed by atoms with van der Waals surface area (Å²) < 4.78 is 10.7. The van der Waals surface area contributed by atoms with Crippen LogP contribution < -0.4 is 0 Å².